The summed E-state index contributed by atoms with van der Waals surface area (Å²) in [4.78, 5) is 21.0. The minimum absolute atomic E-state index is 0.138. The minimum atomic E-state index is -4.37. The number of hydrogen-bond donors (Lipinski definition) is 1. The highest BCUT2D eigenvalue weighted by Crippen LogP contribution is 2.30. The number of halogens is 1. The lowest BCUT2D eigenvalue weighted by Crippen LogP contribution is -2.36. The van der Waals surface area contributed by atoms with E-state index in [0.717, 1.165) is 30.3 Å². The molecule has 0 aromatic heterocycles. The van der Waals surface area contributed by atoms with Crippen molar-refractivity contribution < 1.29 is 27.6 Å². The van der Waals surface area contributed by atoms with E-state index in [2.05, 4.69) is 0 Å². The average Bonchev–Trinajstić information content (AvgIpc) is 2.53. The Labute approximate surface area is 142 Å². The maximum atomic E-state index is 13.0. The molecule has 0 aliphatic heterocycles. The maximum Gasteiger partial charge on any atom is 0.324 e. The van der Waals surface area contributed by atoms with Gasteiger partial charge in [-0.05, 0) is 36.8 Å². The van der Waals surface area contributed by atoms with Crippen molar-refractivity contribution in [3.8, 4) is 0 Å². The summed E-state index contributed by atoms with van der Waals surface area (Å²) >= 11 is 0. The third-order valence-electron chi connectivity index (χ3n) is 3.35. The van der Waals surface area contributed by atoms with Gasteiger partial charge in [-0.1, -0.05) is 6.07 Å². The number of carboxylic acid groups (broad SMARTS) is 1. The number of non-ortho nitro benzene ring substituents is 1. The normalized spacial score (nSPS) is 11.1. The van der Waals surface area contributed by atoms with Gasteiger partial charge in [0, 0.05) is 12.1 Å². The van der Waals surface area contributed by atoms with Gasteiger partial charge in [-0.2, -0.15) is 0 Å². The molecule has 8 nitrogen and oxygen atoms in total. The summed E-state index contributed by atoms with van der Waals surface area (Å²) in [7, 11) is -4.37. The number of rotatable bonds is 6. The van der Waals surface area contributed by atoms with Crippen LogP contribution in [0.2, 0.25) is 0 Å². The summed E-state index contributed by atoms with van der Waals surface area (Å²) < 4.78 is 39.2. The first-order valence-corrected chi connectivity index (χ1v) is 8.32. The molecule has 0 atom stereocenters. The van der Waals surface area contributed by atoms with Crippen LogP contribution in [-0.4, -0.2) is 31.0 Å². The Morgan fingerprint density at radius 3 is 2.36 bits per heavy atom. The van der Waals surface area contributed by atoms with Crippen LogP contribution in [0.5, 0.6) is 0 Å². The second-order valence-corrected chi connectivity index (χ2v) is 6.95. The molecule has 1 N–H and O–H groups in total. The molecule has 2 aromatic rings. The second-order valence-electron chi connectivity index (χ2n) is 5.09. The van der Waals surface area contributed by atoms with Gasteiger partial charge in [-0.25, -0.2) is 12.8 Å². The maximum absolute atomic E-state index is 13.0. The molecule has 0 unspecified atom stereocenters. The van der Waals surface area contributed by atoms with Gasteiger partial charge < -0.3 is 5.11 Å². The van der Waals surface area contributed by atoms with E-state index in [1.807, 2.05) is 0 Å². The van der Waals surface area contributed by atoms with E-state index >= 15 is 0 Å². The molecular weight excluding hydrogens is 355 g/mol. The molecule has 10 heteroatoms. The highest BCUT2D eigenvalue weighted by atomic mass is 32.2. The zero-order valence-electron chi connectivity index (χ0n) is 12.9. The number of carboxylic acids is 1. The van der Waals surface area contributed by atoms with Gasteiger partial charge in [0.25, 0.3) is 15.7 Å². The number of aryl methyl sites for hydroxylation is 1. The highest BCUT2D eigenvalue weighted by molar-refractivity contribution is 7.92. The van der Waals surface area contributed by atoms with Gasteiger partial charge >= 0.3 is 5.97 Å². The standard InChI is InChI=1S/C15H13FN2O6S/c1-10-2-5-12(18(21)22)8-14(10)17(9-15(19)20)25(23,24)13-6-3-11(16)4-7-13/h2-8H,9H2,1H3,(H,19,20). The Kier molecular flexibility index (Phi) is 5.02. The van der Waals surface area contributed by atoms with Crippen LogP contribution in [0.25, 0.3) is 0 Å². The van der Waals surface area contributed by atoms with Crippen molar-refractivity contribution in [2.75, 3.05) is 10.8 Å². The smallest absolute Gasteiger partial charge is 0.324 e. The van der Waals surface area contributed by atoms with Crippen molar-refractivity contribution in [2.24, 2.45) is 0 Å². The van der Waals surface area contributed by atoms with Crippen molar-refractivity contribution >= 4 is 27.4 Å². The third-order valence-corrected chi connectivity index (χ3v) is 5.13. The fourth-order valence-electron chi connectivity index (χ4n) is 2.14. The zero-order chi connectivity index (χ0) is 18.8. The van der Waals surface area contributed by atoms with E-state index in [1.165, 1.54) is 19.1 Å². The molecule has 132 valence electrons. The fraction of sp³-hybridized carbons (Fsp3) is 0.133. The van der Waals surface area contributed by atoms with E-state index < -0.39 is 33.3 Å². The minimum Gasteiger partial charge on any atom is -0.480 e. The number of nitro groups is 1. The number of anilines is 1. The molecule has 2 aromatic carbocycles. The lowest BCUT2D eigenvalue weighted by atomic mass is 10.2. The molecule has 0 spiro atoms. The van der Waals surface area contributed by atoms with Gasteiger partial charge in [0.05, 0.1) is 15.5 Å². The van der Waals surface area contributed by atoms with Gasteiger partial charge in [0.15, 0.2) is 0 Å². The van der Waals surface area contributed by atoms with Crippen LogP contribution in [-0.2, 0) is 14.8 Å². The first-order valence-electron chi connectivity index (χ1n) is 6.88. The number of sulfonamides is 1. The summed E-state index contributed by atoms with van der Waals surface area (Å²) in [5, 5.41) is 20.0. The summed E-state index contributed by atoms with van der Waals surface area (Å²) in [6, 6.07) is 7.32. The van der Waals surface area contributed by atoms with E-state index in [0.29, 0.717) is 9.87 Å². The molecular formula is C15H13FN2O6S. The van der Waals surface area contributed by atoms with Crippen molar-refractivity contribution in [3.63, 3.8) is 0 Å². The van der Waals surface area contributed by atoms with Crippen molar-refractivity contribution in [2.45, 2.75) is 11.8 Å². The summed E-state index contributed by atoms with van der Waals surface area (Å²) in [5.74, 6) is -2.10. The molecule has 0 saturated heterocycles. The largest absolute Gasteiger partial charge is 0.480 e. The van der Waals surface area contributed by atoms with Crippen molar-refractivity contribution in [1.82, 2.24) is 0 Å². The molecule has 0 saturated carbocycles. The number of nitro benzene ring substituents is 1. The van der Waals surface area contributed by atoms with Crippen LogP contribution >= 0.6 is 0 Å². The topological polar surface area (TPSA) is 118 Å². The molecule has 0 amide bonds. The summed E-state index contributed by atoms with van der Waals surface area (Å²) in [6.45, 7) is 0.551. The summed E-state index contributed by atoms with van der Waals surface area (Å²) in [5.41, 5.74) is -0.191. The predicted octanol–water partition coefficient (Wildman–Crippen LogP) is 2.32. The van der Waals surface area contributed by atoms with Crippen LogP contribution in [0.3, 0.4) is 0 Å². The quantitative estimate of drug-likeness (QED) is 0.617. The molecule has 0 fully saturated rings. The lowest BCUT2D eigenvalue weighted by molar-refractivity contribution is -0.384. The average molecular weight is 368 g/mol. The van der Waals surface area contributed by atoms with Gasteiger partial charge in [-0.3, -0.25) is 19.2 Å². The SMILES string of the molecule is Cc1ccc([N+](=O)[O-])cc1N(CC(=O)O)S(=O)(=O)c1ccc(F)cc1. The molecule has 0 heterocycles. The number of benzene rings is 2. The van der Waals surface area contributed by atoms with E-state index in [4.69, 9.17) is 5.11 Å². The van der Waals surface area contributed by atoms with Crippen LogP contribution in [0.4, 0.5) is 15.8 Å². The lowest BCUT2D eigenvalue weighted by Gasteiger charge is -2.24. The number of carbonyl (C=O) groups is 1. The second kappa shape index (κ2) is 6.85. The predicted molar refractivity (Wildman–Crippen MR) is 86.4 cm³/mol. The molecule has 0 aliphatic carbocycles. The van der Waals surface area contributed by atoms with Gasteiger partial charge in [0.2, 0.25) is 0 Å². The van der Waals surface area contributed by atoms with Crippen molar-refractivity contribution in [1.29, 1.82) is 0 Å². The zero-order valence-corrected chi connectivity index (χ0v) is 13.7. The van der Waals surface area contributed by atoms with Crippen LogP contribution in [0.1, 0.15) is 5.56 Å². The number of nitrogens with zero attached hydrogens (tertiary/aromatic N) is 2. The molecule has 2 rings (SSSR count). The number of hydrogen-bond acceptors (Lipinski definition) is 5. The Hall–Kier alpha value is -3.01. The van der Waals surface area contributed by atoms with Crippen LogP contribution in [0, 0.1) is 22.9 Å². The molecule has 0 radical (unpaired) electrons. The molecule has 25 heavy (non-hydrogen) atoms. The number of aliphatic carboxylic acids is 1. The molecule has 0 aliphatic rings. The molecule has 0 bridgehead atoms. The fourth-order valence-corrected chi connectivity index (χ4v) is 3.61. The van der Waals surface area contributed by atoms with Crippen LogP contribution in [0.15, 0.2) is 47.4 Å². The Balaban J connectivity index is 2.64. The highest BCUT2D eigenvalue weighted by Gasteiger charge is 2.29. The summed E-state index contributed by atoms with van der Waals surface area (Å²) in [6.07, 6.45) is 0. The Bertz CT molecular complexity index is 928. The Morgan fingerprint density at radius 2 is 1.84 bits per heavy atom. The van der Waals surface area contributed by atoms with E-state index in [9.17, 15) is 27.7 Å². The van der Waals surface area contributed by atoms with E-state index in [1.54, 1.807) is 0 Å². The Morgan fingerprint density at radius 1 is 1.24 bits per heavy atom. The first-order chi connectivity index (χ1) is 11.6. The van der Waals surface area contributed by atoms with Gasteiger partial charge in [0.1, 0.15) is 12.4 Å². The van der Waals surface area contributed by atoms with Crippen molar-refractivity contribution in [3.05, 3.63) is 64.0 Å². The van der Waals surface area contributed by atoms with Gasteiger partial charge in [-0.15, -0.1) is 0 Å². The van der Waals surface area contributed by atoms with E-state index in [-0.39, 0.29) is 16.3 Å². The third kappa shape index (κ3) is 3.91. The monoisotopic (exact) mass is 368 g/mol. The van der Waals surface area contributed by atoms with Crippen LogP contribution < -0.4 is 4.31 Å². The first kappa shape index (κ1) is 18.3.